The maximum atomic E-state index is 11.7. The molecule has 110 valence electrons. The van der Waals surface area contributed by atoms with Gasteiger partial charge in [-0.3, -0.25) is 0 Å². The van der Waals surface area contributed by atoms with Crippen LogP contribution >= 0.6 is 0 Å². The molecule has 0 saturated heterocycles. The first-order chi connectivity index (χ1) is 9.35. The number of carbonyl (C=O) groups excluding carboxylic acids is 1. The average Bonchev–Trinajstić information content (AvgIpc) is 2.70. The van der Waals surface area contributed by atoms with E-state index in [2.05, 4.69) is 34.5 Å². The van der Waals surface area contributed by atoms with E-state index in [-0.39, 0.29) is 12.1 Å². The molecule has 0 fully saturated rings. The number of nitrogens with one attached hydrogen (secondary N) is 1. The molecule has 1 N–H and O–H groups in total. The first-order valence-corrected chi connectivity index (χ1v) is 7.17. The van der Waals surface area contributed by atoms with Crippen LogP contribution in [0.5, 0.6) is 0 Å². The monoisotopic (exact) mass is 276 g/mol. The summed E-state index contributed by atoms with van der Waals surface area (Å²) in [5.41, 5.74) is 2.21. The number of nitrogens with zero attached hydrogens (tertiary/aromatic N) is 1. The van der Waals surface area contributed by atoms with Gasteiger partial charge in [-0.15, -0.1) is 0 Å². The maximum absolute atomic E-state index is 11.7. The van der Waals surface area contributed by atoms with Crippen LogP contribution in [0.4, 0.5) is 10.5 Å². The van der Waals surface area contributed by atoms with Crippen molar-refractivity contribution in [3.63, 3.8) is 0 Å². The number of carbonyl (C=O) groups is 1. The third kappa shape index (κ3) is 3.89. The lowest BCUT2D eigenvalue weighted by Gasteiger charge is -2.26. The van der Waals surface area contributed by atoms with Crippen molar-refractivity contribution < 1.29 is 9.53 Å². The highest BCUT2D eigenvalue weighted by atomic mass is 16.6. The molecule has 1 aliphatic rings. The largest absolute Gasteiger partial charge is 0.444 e. The molecule has 1 aliphatic heterocycles. The number of amides is 1. The number of hydrogen-bond donors (Lipinski definition) is 1. The topological polar surface area (TPSA) is 41.6 Å². The van der Waals surface area contributed by atoms with Crippen molar-refractivity contribution in [2.75, 3.05) is 18.0 Å². The van der Waals surface area contributed by atoms with Gasteiger partial charge in [0, 0.05) is 24.8 Å². The van der Waals surface area contributed by atoms with Gasteiger partial charge in [0.2, 0.25) is 0 Å². The zero-order valence-corrected chi connectivity index (χ0v) is 12.8. The van der Waals surface area contributed by atoms with E-state index >= 15 is 0 Å². The molecule has 1 atom stereocenters. The van der Waals surface area contributed by atoms with Crippen LogP contribution in [0, 0.1) is 0 Å². The molecule has 4 heteroatoms. The van der Waals surface area contributed by atoms with Gasteiger partial charge in [0.1, 0.15) is 5.60 Å². The van der Waals surface area contributed by atoms with Gasteiger partial charge in [-0.05, 0) is 45.7 Å². The van der Waals surface area contributed by atoms with Crippen molar-refractivity contribution in [1.29, 1.82) is 0 Å². The van der Waals surface area contributed by atoms with Crippen LogP contribution in [0.15, 0.2) is 24.3 Å². The van der Waals surface area contributed by atoms with Crippen LogP contribution in [-0.2, 0) is 11.2 Å². The summed E-state index contributed by atoms with van der Waals surface area (Å²) in [6.45, 7) is 9.43. The first-order valence-electron chi connectivity index (χ1n) is 7.17. The molecule has 4 nitrogen and oxygen atoms in total. The number of hydrogen-bond acceptors (Lipinski definition) is 3. The van der Waals surface area contributed by atoms with Crippen LogP contribution in [0.1, 0.15) is 33.3 Å². The molecule has 0 radical (unpaired) electrons. The number of anilines is 1. The summed E-state index contributed by atoms with van der Waals surface area (Å²) in [7, 11) is 0. The Bertz CT molecular complexity index is 480. The molecule has 0 spiro atoms. The molecule has 0 bridgehead atoms. The number of benzene rings is 1. The van der Waals surface area contributed by atoms with Crippen molar-refractivity contribution >= 4 is 11.8 Å². The zero-order valence-electron chi connectivity index (χ0n) is 12.8. The number of ether oxygens (including phenoxy) is 1. The molecule has 0 unspecified atom stereocenters. The molecule has 2 rings (SSSR count). The lowest BCUT2D eigenvalue weighted by atomic mass is 10.2. The molecule has 1 amide bonds. The molecule has 0 aromatic heterocycles. The second kappa shape index (κ2) is 5.73. The van der Waals surface area contributed by atoms with Gasteiger partial charge < -0.3 is 15.0 Å². The molecular weight excluding hydrogens is 252 g/mol. The van der Waals surface area contributed by atoms with Gasteiger partial charge >= 0.3 is 6.09 Å². The molecule has 20 heavy (non-hydrogen) atoms. The fourth-order valence-electron chi connectivity index (χ4n) is 2.48. The van der Waals surface area contributed by atoms with E-state index in [0.717, 1.165) is 19.5 Å². The Morgan fingerprint density at radius 2 is 2.10 bits per heavy atom. The third-order valence-electron chi connectivity index (χ3n) is 3.24. The summed E-state index contributed by atoms with van der Waals surface area (Å²) in [4.78, 5) is 14.1. The van der Waals surface area contributed by atoms with Crippen LogP contribution in [0.3, 0.4) is 0 Å². The van der Waals surface area contributed by atoms with Crippen molar-refractivity contribution in [3.05, 3.63) is 29.8 Å². The minimum absolute atomic E-state index is 0.0519. The Kier molecular flexibility index (Phi) is 4.21. The van der Waals surface area contributed by atoms with Gasteiger partial charge in [0.25, 0.3) is 0 Å². The van der Waals surface area contributed by atoms with Crippen molar-refractivity contribution in [1.82, 2.24) is 5.32 Å². The highest BCUT2D eigenvalue weighted by Gasteiger charge is 2.22. The summed E-state index contributed by atoms with van der Waals surface area (Å²) < 4.78 is 5.27. The smallest absolute Gasteiger partial charge is 0.407 e. The molecule has 1 aromatic rings. The highest BCUT2D eigenvalue weighted by molar-refractivity contribution is 5.68. The minimum atomic E-state index is -0.454. The SMILES string of the molecule is C[C@@H](CN1CCc2ccccc21)NC(=O)OC(C)(C)C. The normalized spacial score (nSPS) is 15.7. The third-order valence-corrected chi connectivity index (χ3v) is 3.24. The van der Waals surface area contributed by atoms with E-state index in [1.54, 1.807) is 0 Å². The van der Waals surface area contributed by atoms with E-state index in [4.69, 9.17) is 4.74 Å². The van der Waals surface area contributed by atoms with E-state index in [9.17, 15) is 4.79 Å². The van der Waals surface area contributed by atoms with Crippen molar-refractivity contribution in [2.24, 2.45) is 0 Å². The van der Waals surface area contributed by atoms with Crippen LogP contribution < -0.4 is 10.2 Å². The maximum Gasteiger partial charge on any atom is 0.407 e. The Morgan fingerprint density at radius 1 is 1.40 bits per heavy atom. The first kappa shape index (κ1) is 14.7. The molecule has 0 aliphatic carbocycles. The second-order valence-electron chi connectivity index (χ2n) is 6.37. The Balaban J connectivity index is 1.87. The number of alkyl carbamates (subject to hydrolysis) is 1. The zero-order chi connectivity index (χ0) is 14.8. The van der Waals surface area contributed by atoms with E-state index in [0.29, 0.717) is 0 Å². The van der Waals surface area contributed by atoms with E-state index in [1.807, 2.05) is 27.7 Å². The molecule has 0 saturated carbocycles. The Hall–Kier alpha value is -1.71. The van der Waals surface area contributed by atoms with E-state index in [1.165, 1.54) is 11.3 Å². The summed E-state index contributed by atoms with van der Waals surface area (Å²) in [6, 6.07) is 8.49. The van der Waals surface area contributed by atoms with Crippen molar-refractivity contribution in [3.8, 4) is 0 Å². The quantitative estimate of drug-likeness (QED) is 0.923. The number of para-hydroxylation sites is 1. The van der Waals surface area contributed by atoms with Gasteiger partial charge in [-0.1, -0.05) is 18.2 Å². The summed E-state index contributed by atoms with van der Waals surface area (Å²) in [5, 5.41) is 2.89. The lowest BCUT2D eigenvalue weighted by molar-refractivity contribution is 0.0510. The van der Waals surface area contributed by atoms with Gasteiger partial charge in [0.15, 0.2) is 0 Å². The molecule has 1 aromatic carbocycles. The van der Waals surface area contributed by atoms with Crippen LogP contribution in [0.2, 0.25) is 0 Å². The highest BCUT2D eigenvalue weighted by Crippen LogP contribution is 2.27. The fourth-order valence-corrected chi connectivity index (χ4v) is 2.48. The van der Waals surface area contributed by atoms with Gasteiger partial charge in [-0.2, -0.15) is 0 Å². The Labute approximate surface area is 121 Å². The predicted octanol–water partition coefficient (Wildman–Crippen LogP) is 2.96. The second-order valence-corrected chi connectivity index (χ2v) is 6.37. The lowest BCUT2D eigenvalue weighted by Crippen LogP contribution is -2.43. The summed E-state index contributed by atoms with van der Waals surface area (Å²) in [5.74, 6) is 0. The molecule has 1 heterocycles. The molecular formula is C16H24N2O2. The van der Waals surface area contributed by atoms with Gasteiger partial charge in [0.05, 0.1) is 0 Å². The average molecular weight is 276 g/mol. The van der Waals surface area contributed by atoms with Crippen LogP contribution in [0.25, 0.3) is 0 Å². The van der Waals surface area contributed by atoms with Gasteiger partial charge in [-0.25, -0.2) is 4.79 Å². The van der Waals surface area contributed by atoms with Crippen LogP contribution in [-0.4, -0.2) is 30.8 Å². The predicted molar refractivity (Wildman–Crippen MR) is 81.2 cm³/mol. The minimum Gasteiger partial charge on any atom is -0.444 e. The van der Waals surface area contributed by atoms with E-state index < -0.39 is 5.60 Å². The number of rotatable bonds is 3. The standard InChI is InChI=1S/C16H24N2O2/c1-12(17-15(19)20-16(2,3)4)11-18-10-9-13-7-5-6-8-14(13)18/h5-8,12H,9-11H2,1-4H3,(H,17,19)/t12-/m0/s1. The van der Waals surface area contributed by atoms with Crippen molar-refractivity contribution in [2.45, 2.75) is 45.8 Å². The summed E-state index contributed by atoms with van der Waals surface area (Å²) >= 11 is 0. The summed E-state index contributed by atoms with van der Waals surface area (Å²) in [6.07, 6.45) is 0.729. The number of fused-ring (bicyclic) bond motifs is 1. The Morgan fingerprint density at radius 3 is 2.80 bits per heavy atom. The fraction of sp³-hybridized carbons (Fsp3) is 0.562.